The number of halogens is 1. The fraction of sp³-hybridized carbons (Fsp3) is 0.316. The maximum absolute atomic E-state index is 12.4. The van der Waals surface area contributed by atoms with Crippen molar-refractivity contribution < 1.29 is 14.6 Å². The summed E-state index contributed by atoms with van der Waals surface area (Å²) in [5.74, 6) is 0.817. The second-order valence-corrected chi connectivity index (χ2v) is 7.00. The van der Waals surface area contributed by atoms with Crippen molar-refractivity contribution in [3.05, 3.63) is 58.1 Å². The molecule has 4 rings (SSSR count). The molecule has 25 heavy (non-hydrogen) atoms. The van der Waals surface area contributed by atoms with E-state index in [4.69, 9.17) is 16.3 Å². The number of benzene rings is 2. The molecule has 2 atom stereocenters. The molecular formula is C19H19ClN2O3. The number of amides is 2. The number of ether oxygens (including phenoxy) is 1. The summed E-state index contributed by atoms with van der Waals surface area (Å²) in [7, 11) is 0. The van der Waals surface area contributed by atoms with Crippen LogP contribution in [0.25, 0.3) is 0 Å². The van der Waals surface area contributed by atoms with Gasteiger partial charge in [-0.3, -0.25) is 0 Å². The molecule has 0 radical (unpaired) electrons. The van der Waals surface area contributed by atoms with Crippen LogP contribution in [0.1, 0.15) is 16.7 Å². The average Bonchev–Trinajstić information content (AvgIpc) is 2.96. The highest BCUT2D eigenvalue weighted by Gasteiger charge is 2.24. The third-order valence-corrected chi connectivity index (χ3v) is 4.92. The molecule has 5 nitrogen and oxygen atoms in total. The highest BCUT2D eigenvalue weighted by Crippen LogP contribution is 2.30. The van der Waals surface area contributed by atoms with Crippen molar-refractivity contribution in [2.45, 2.75) is 31.4 Å². The molecule has 0 saturated carbocycles. The normalized spacial score (nSPS) is 21.0. The zero-order chi connectivity index (χ0) is 17.4. The first-order valence-electron chi connectivity index (χ1n) is 8.36. The Morgan fingerprint density at radius 1 is 1.16 bits per heavy atom. The summed E-state index contributed by atoms with van der Waals surface area (Å²) in [4.78, 5) is 12.4. The van der Waals surface area contributed by atoms with Crippen LogP contribution in [0.3, 0.4) is 0 Å². The highest BCUT2D eigenvalue weighted by molar-refractivity contribution is 6.30. The number of fused-ring (bicyclic) bond motifs is 2. The molecule has 130 valence electrons. The van der Waals surface area contributed by atoms with E-state index in [1.165, 1.54) is 0 Å². The Labute approximate surface area is 151 Å². The maximum Gasteiger partial charge on any atom is 0.319 e. The maximum atomic E-state index is 12.4. The van der Waals surface area contributed by atoms with E-state index in [9.17, 15) is 9.90 Å². The van der Waals surface area contributed by atoms with E-state index in [-0.39, 0.29) is 18.2 Å². The zero-order valence-electron chi connectivity index (χ0n) is 13.6. The molecule has 0 unspecified atom stereocenters. The standard InChI is InChI=1S/C19H19ClN2O3/c20-13-4-5-18-12(6-13)7-14(10-25-18)21-19(24)22-17-3-1-2-11-8-15(23)9-16(11)17/h1-6,14-15,23H,7-10H2,(H2,21,22,24)/t14-,15-/m1/s1. The molecule has 0 fully saturated rings. The van der Waals surface area contributed by atoms with Gasteiger partial charge >= 0.3 is 6.03 Å². The van der Waals surface area contributed by atoms with Crippen LogP contribution >= 0.6 is 11.6 Å². The van der Waals surface area contributed by atoms with Crippen LogP contribution in [-0.4, -0.2) is 29.9 Å². The number of hydrogen-bond acceptors (Lipinski definition) is 3. The van der Waals surface area contributed by atoms with Crippen LogP contribution in [0.4, 0.5) is 10.5 Å². The molecule has 0 aromatic heterocycles. The summed E-state index contributed by atoms with van der Waals surface area (Å²) in [5.41, 5.74) is 3.86. The van der Waals surface area contributed by atoms with Gasteiger partial charge in [0.05, 0.1) is 12.1 Å². The minimum absolute atomic E-state index is 0.117. The minimum atomic E-state index is -0.367. The van der Waals surface area contributed by atoms with Gasteiger partial charge in [0.25, 0.3) is 0 Å². The molecule has 6 heteroatoms. The SMILES string of the molecule is O=C(Nc1cccc2c1C[C@H](O)C2)N[C@H]1COc2ccc(Cl)cc2C1. The topological polar surface area (TPSA) is 70.6 Å². The Morgan fingerprint density at radius 2 is 2.04 bits per heavy atom. The first-order chi connectivity index (χ1) is 12.1. The van der Waals surface area contributed by atoms with Crippen LogP contribution in [-0.2, 0) is 19.3 Å². The number of aliphatic hydroxyl groups is 1. The quantitative estimate of drug-likeness (QED) is 0.773. The highest BCUT2D eigenvalue weighted by atomic mass is 35.5. The van der Waals surface area contributed by atoms with Gasteiger partial charge in [0, 0.05) is 17.1 Å². The lowest BCUT2D eigenvalue weighted by molar-refractivity contribution is 0.187. The number of carbonyl (C=O) groups excluding carboxylic acids is 1. The minimum Gasteiger partial charge on any atom is -0.491 e. The summed E-state index contributed by atoms with van der Waals surface area (Å²) in [6, 6.07) is 10.9. The predicted molar refractivity (Wildman–Crippen MR) is 96.5 cm³/mol. The predicted octanol–water partition coefficient (Wildman–Crippen LogP) is 2.92. The molecule has 2 amide bonds. The lowest BCUT2D eigenvalue weighted by Gasteiger charge is -2.26. The summed E-state index contributed by atoms with van der Waals surface area (Å²) in [6.07, 6.45) is 1.52. The van der Waals surface area contributed by atoms with Crippen molar-refractivity contribution in [3.63, 3.8) is 0 Å². The number of aliphatic hydroxyl groups excluding tert-OH is 1. The van der Waals surface area contributed by atoms with Gasteiger partial charge in [0.15, 0.2) is 0 Å². The zero-order valence-corrected chi connectivity index (χ0v) is 14.3. The third-order valence-electron chi connectivity index (χ3n) is 4.68. The van der Waals surface area contributed by atoms with Gasteiger partial charge in [-0.05, 0) is 53.8 Å². The fourth-order valence-corrected chi connectivity index (χ4v) is 3.74. The van der Waals surface area contributed by atoms with E-state index in [1.54, 1.807) is 6.07 Å². The molecule has 1 heterocycles. The van der Waals surface area contributed by atoms with Gasteiger partial charge < -0.3 is 20.5 Å². The molecular weight excluding hydrogens is 340 g/mol. The summed E-state index contributed by atoms with van der Waals surface area (Å²) in [5, 5.41) is 16.3. The first-order valence-corrected chi connectivity index (χ1v) is 8.74. The van der Waals surface area contributed by atoms with Crippen molar-refractivity contribution >= 4 is 23.3 Å². The molecule has 0 saturated heterocycles. The van der Waals surface area contributed by atoms with Gasteiger partial charge in [0.2, 0.25) is 0 Å². The molecule has 2 aromatic rings. The summed E-state index contributed by atoms with van der Waals surface area (Å²) < 4.78 is 5.70. The third kappa shape index (κ3) is 3.43. The lowest BCUT2D eigenvalue weighted by Crippen LogP contribution is -2.44. The Kier molecular flexibility index (Phi) is 4.27. The van der Waals surface area contributed by atoms with Crippen molar-refractivity contribution in [3.8, 4) is 5.75 Å². The number of carbonyl (C=O) groups is 1. The van der Waals surface area contributed by atoms with Gasteiger partial charge in [-0.15, -0.1) is 0 Å². The van der Waals surface area contributed by atoms with E-state index in [1.807, 2.05) is 30.3 Å². The monoisotopic (exact) mass is 358 g/mol. The molecule has 2 aliphatic rings. The van der Waals surface area contributed by atoms with E-state index in [0.29, 0.717) is 30.9 Å². The Bertz CT molecular complexity index is 824. The molecule has 0 spiro atoms. The second-order valence-electron chi connectivity index (χ2n) is 6.57. The van der Waals surface area contributed by atoms with Gasteiger partial charge in [-0.2, -0.15) is 0 Å². The summed E-state index contributed by atoms with van der Waals surface area (Å²) >= 11 is 6.03. The molecule has 1 aliphatic carbocycles. The van der Waals surface area contributed by atoms with Crippen LogP contribution in [0.15, 0.2) is 36.4 Å². The summed E-state index contributed by atoms with van der Waals surface area (Å²) in [6.45, 7) is 0.424. The van der Waals surface area contributed by atoms with Gasteiger partial charge in [0.1, 0.15) is 12.4 Å². The van der Waals surface area contributed by atoms with Crippen molar-refractivity contribution in [1.29, 1.82) is 0 Å². The van der Waals surface area contributed by atoms with Crippen molar-refractivity contribution in [2.24, 2.45) is 0 Å². The smallest absolute Gasteiger partial charge is 0.319 e. The fourth-order valence-electron chi connectivity index (χ4n) is 3.55. The number of urea groups is 1. The van der Waals surface area contributed by atoms with E-state index in [2.05, 4.69) is 10.6 Å². The van der Waals surface area contributed by atoms with E-state index in [0.717, 1.165) is 28.1 Å². The Balaban J connectivity index is 1.42. The molecule has 1 aliphatic heterocycles. The van der Waals surface area contributed by atoms with Gasteiger partial charge in [-0.25, -0.2) is 4.79 Å². The number of anilines is 1. The van der Waals surface area contributed by atoms with Crippen LogP contribution < -0.4 is 15.4 Å². The van der Waals surface area contributed by atoms with Crippen molar-refractivity contribution in [1.82, 2.24) is 5.32 Å². The lowest BCUT2D eigenvalue weighted by atomic mass is 10.0. The van der Waals surface area contributed by atoms with Crippen LogP contribution in [0.5, 0.6) is 5.75 Å². The Morgan fingerprint density at radius 3 is 2.92 bits per heavy atom. The van der Waals surface area contributed by atoms with Crippen molar-refractivity contribution in [2.75, 3.05) is 11.9 Å². The van der Waals surface area contributed by atoms with E-state index >= 15 is 0 Å². The average molecular weight is 359 g/mol. The molecule has 0 bridgehead atoms. The number of nitrogens with one attached hydrogen (secondary N) is 2. The van der Waals surface area contributed by atoms with Crippen LogP contribution in [0, 0.1) is 0 Å². The largest absolute Gasteiger partial charge is 0.491 e. The first kappa shape index (κ1) is 16.2. The number of hydrogen-bond donors (Lipinski definition) is 3. The van der Waals surface area contributed by atoms with Crippen LogP contribution in [0.2, 0.25) is 5.02 Å². The number of rotatable bonds is 2. The van der Waals surface area contributed by atoms with E-state index < -0.39 is 0 Å². The Hall–Kier alpha value is -2.24. The second kappa shape index (κ2) is 6.58. The molecule has 2 aromatic carbocycles. The molecule has 3 N–H and O–H groups in total. The van der Waals surface area contributed by atoms with Gasteiger partial charge in [-0.1, -0.05) is 23.7 Å².